The summed E-state index contributed by atoms with van der Waals surface area (Å²) in [4.78, 5) is 13.5. The molecule has 0 aliphatic rings. The first-order valence-electron chi connectivity index (χ1n) is 6.50. The zero-order valence-electron chi connectivity index (χ0n) is 11.9. The van der Waals surface area contributed by atoms with Crippen molar-refractivity contribution in [3.05, 3.63) is 22.1 Å². The summed E-state index contributed by atoms with van der Waals surface area (Å²) in [6.45, 7) is 8.58. The van der Waals surface area contributed by atoms with Crippen LogP contribution >= 0.6 is 11.3 Å². The fraction of sp³-hybridized carbons (Fsp3) is 0.500. The van der Waals surface area contributed by atoms with Crippen molar-refractivity contribution in [1.29, 1.82) is 0 Å². The molecule has 0 saturated heterocycles. The molecule has 2 N–H and O–H groups in total. The number of nitrogens with zero attached hydrogens (tertiary/aromatic N) is 3. The lowest BCUT2D eigenvalue weighted by Gasteiger charge is -2.13. The van der Waals surface area contributed by atoms with E-state index in [0.717, 1.165) is 29.2 Å². The first-order valence-corrected chi connectivity index (χ1v) is 7.38. The van der Waals surface area contributed by atoms with E-state index in [1.807, 2.05) is 11.4 Å². The highest BCUT2D eigenvalue weighted by atomic mass is 32.1. The first kappa shape index (κ1) is 13.9. The van der Waals surface area contributed by atoms with E-state index in [4.69, 9.17) is 5.73 Å². The molecule has 2 rings (SSSR count). The Hall–Kier alpha value is -1.49. The molecule has 0 aromatic carbocycles. The highest BCUT2D eigenvalue weighted by molar-refractivity contribution is 7.10. The predicted octanol–water partition coefficient (Wildman–Crippen LogP) is 3.43. The van der Waals surface area contributed by atoms with Gasteiger partial charge in [-0.25, -0.2) is 15.0 Å². The number of hydrogen-bond donors (Lipinski definition) is 1. The molecule has 0 unspecified atom stereocenters. The maximum Gasteiger partial charge on any atom is 0.181 e. The third-order valence-electron chi connectivity index (χ3n) is 2.68. The second-order valence-electron chi connectivity index (χ2n) is 5.65. The summed E-state index contributed by atoms with van der Waals surface area (Å²) >= 11 is 1.64. The maximum absolute atomic E-state index is 5.84. The molecule has 0 amide bonds. The van der Waals surface area contributed by atoms with Crippen molar-refractivity contribution < 1.29 is 0 Å². The SMILES string of the molecule is CCCc1cc(N)nc(-c2csc(C(C)(C)C)n2)n1. The summed E-state index contributed by atoms with van der Waals surface area (Å²) in [7, 11) is 0. The molecule has 0 aliphatic heterocycles. The van der Waals surface area contributed by atoms with Crippen LogP contribution in [-0.2, 0) is 11.8 Å². The number of nitrogens with two attached hydrogens (primary N) is 1. The molecule has 0 bridgehead atoms. The molecule has 19 heavy (non-hydrogen) atoms. The van der Waals surface area contributed by atoms with Crippen LogP contribution in [0.3, 0.4) is 0 Å². The zero-order chi connectivity index (χ0) is 14.0. The molecule has 0 saturated carbocycles. The minimum atomic E-state index is 0.0511. The Labute approximate surface area is 118 Å². The second-order valence-corrected chi connectivity index (χ2v) is 6.50. The van der Waals surface area contributed by atoms with Crippen molar-refractivity contribution in [3.8, 4) is 11.5 Å². The summed E-state index contributed by atoms with van der Waals surface area (Å²) in [5.41, 5.74) is 7.70. The van der Waals surface area contributed by atoms with Gasteiger partial charge in [-0.3, -0.25) is 0 Å². The van der Waals surface area contributed by atoms with Crippen LogP contribution in [0.25, 0.3) is 11.5 Å². The van der Waals surface area contributed by atoms with Crippen molar-refractivity contribution >= 4 is 17.2 Å². The Bertz CT molecular complexity index is 569. The van der Waals surface area contributed by atoms with E-state index in [9.17, 15) is 0 Å². The first-order chi connectivity index (χ1) is 8.90. The van der Waals surface area contributed by atoms with Crippen LogP contribution in [0.5, 0.6) is 0 Å². The number of aryl methyl sites for hydroxylation is 1. The van der Waals surface area contributed by atoms with E-state index in [1.54, 1.807) is 11.3 Å². The summed E-state index contributed by atoms with van der Waals surface area (Å²) in [6, 6.07) is 1.84. The summed E-state index contributed by atoms with van der Waals surface area (Å²) < 4.78 is 0. The van der Waals surface area contributed by atoms with Crippen LogP contribution in [0.15, 0.2) is 11.4 Å². The smallest absolute Gasteiger partial charge is 0.181 e. The van der Waals surface area contributed by atoms with Gasteiger partial charge >= 0.3 is 0 Å². The van der Waals surface area contributed by atoms with Gasteiger partial charge in [0.1, 0.15) is 11.5 Å². The predicted molar refractivity (Wildman–Crippen MR) is 80.2 cm³/mol. The van der Waals surface area contributed by atoms with E-state index < -0.39 is 0 Å². The highest BCUT2D eigenvalue weighted by Crippen LogP contribution is 2.28. The van der Waals surface area contributed by atoms with Crippen molar-refractivity contribution in [2.75, 3.05) is 5.73 Å². The van der Waals surface area contributed by atoms with Crippen LogP contribution < -0.4 is 5.73 Å². The van der Waals surface area contributed by atoms with Gasteiger partial charge in [0, 0.05) is 22.6 Å². The fourth-order valence-corrected chi connectivity index (χ4v) is 2.62. The van der Waals surface area contributed by atoms with Gasteiger partial charge in [-0.15, -0.1) is 11.3 Å². The van der Waals surface area contributed by atoms with Gasteiger partial charge in [0.25, 0.3) is 0 Å². The van der Waals surface area contributed by atoms with Crippen molar-refractivity contribution in [2.24, 2.45) is 0 Å². The minimum Gasteiger partial charge on any atom is -0.384 e. The number of anilines is 1. The topological polar surface area (TPSA) is 64.7 Å². The van der Waals surface area contributed by atoms with E-state index >= 15 is 0 Å². The van der Waals surface area contributed by atoms with Crippen LogP contribution in [0, 0.1) is 0 Å². The van der Waals surface area contributed by atoms with Crippen molar-refractivity contribution in [3.63, 3.8) is 0 Å². The molecule has 102 valence electrons. The van der Waals surface area contributed by atoms with Gasteiger partial charge in [-0.1, -0.05) is 34.1 Å². The van der Waals surface area contributed by atoms with Gasteiger partial charge in [0.15, 0.2) is 5.82 Å². The van der Waals surface area contributed by atoms with Crippen molar-refractivity contribution in [1.82, 2.24) is 15.0 Å². The fourth-order valence-electron chi connectivity index (χ4n) is 1.74. The minimum absolute atomic E-state index is 0.0511. The number of aromatic nitrogens is 3. The Morgan fingerprint density at radius 1 is 1.21 bits per heavy atom. The molecule has 4 nitrogen and oxygen atoms in total. The molecule has 0 atom stereocenters. The van der Waals surface area contributed by atoms with Crippen LogP contribution in [0.2, 0.25) is 0 Å². The highest BCUT2D eigenvalue weighted by Gasteiger charge is 2.19. The van der Waals surface area contributed by atoms with E-state index in [1.165, 1.54) is 0 Å². The molecular weight excluding hydrogens is 256 g/mol. The molecular formula is C14H20N4S. The van der Waals surface area contributed by atoms with E-state index in [2.05, 4.69) is 42.6 Å². The van der Waals surface area contributed by atoms with Gasteiger partial charge in [0.05, 0.1) is 5.01 Å². The van der Waals surface area contributed by atoms with Gasteiger partial charge < -0.3 is 5.73 Å². The van der Waals surface area contributed by atoms with E-state index in [0.29, 0.717) is 11.6 Å². The average molecular weight is 276 g/mol. The summed E-state index contributed by atoms with van der Waals surface area (Å²) in [5, 5.41) is 3.09. The third-order valence-corrected chi connectivity index (χ3v) is 3.95. The van der Waals surface area contributed by atoms with Gasteiger partial charge in [-0.05, 0) is 6.42 Å². The quantitative estimate of drug-likeness (QED) is 0.932. The largest absolute Gasteiger partial charge is 0.384 e. The molecule has 2 heterocycles. The van der Waals surface area contributed by atoms with Gasteiger partial charge in [-0.2, -0.15) is 0 Å². The number of rotatable bonds is 3. The summed E-state index contributed by atoms with van der Waals surface area (Å²) in [6.07, 6.45) is 1.95. The lowest BCUT2D eigenvalue weighted by Crippen LogP contribution is -2.10. The van der Waals surface area contributed by atoms with Crippen LogP contribution in [-0.4, -0.2) is 15.0 Å². The summed E-state index contributed by atoms with van der Waals surface area (Å²) in [5.74, 6) is 1.15. The lowest BCUT2D eigenvalue weighted by molar-refractivity contribution is 0.586. The van der Waals surface area contributed by atoms with Crippen LogP contribution in [0.1, 0.15) is 44.8 Å². The monoisotopic (exact) mass is 276 g/mol. The van der Waals surface area contributed by atoms with Gasteiger partial charge in [0.2, 0.25) is 0 Å². The van der Waals surface area contributed by atoms with Crippen molar-refractivity contribution in [2.45, 2.75) is 46.0 Å². The molecule has 0 radical (unpaired) electrons. The third kappa shape index (κ3) is 3.29. The Morgan fingerprint density at radius 3 is 2.53 bits per heavy atom. The molecule has 0 aliphatic carbocycles. The number of hydrogen-bond acceptors (Lipinski definition) is 5. The molecule has 2 aromatic rings. The standard InChI is InChI=1S/C14H20N4S/c1-5-6-9-7-11(15)18-12(16-9)10-8-19-13(17-10)14(2,3)4/h7-8H,5-6H2,1-4H3,(H2,15,16,18). The normalized spacial score (nSPS) is 11.8. The molecule has 2 aromatic heterocycles. The molecule has 0 spiro atoms. The maximum atomic E-state index is 5.84. The second kappa shape index (κ2) is 5.25. The van der Waals surface area contributed by atoms with E-state index in [-0.39, 0.29) is 5.41 Å². The molecule has 5 heteroatoms. The number of nitrogen functional groups attached to an aromatic ring is 1. The van der Waals surface area contributed by atoms with Crippen LogP contribution in [0.4, 0.5) is 5.82 Å². The Morgan fingerprint density at radius 2 is 1.95 bits per heavy atom. The molecule has 0 fully saturated rings. The Kier molecular flexibility index (Phi) is 3.85. The lowest BCUT2D eigenvalue weighted by atomic mass is 9.98. The number of thiazole rings is 1. The average Bonchev–Trinajstić information content (AvgIpc) is 2.77. The zero-order valence-corrected chi connectivity index (χ0v) is 12.7. The Balaban J connectivity index is 2.38.